The Morgan fingerprint density at radius 3 is 1.65 bits per heavy atom. The van der Waals surface area contributed by atoms with E-state index in [0.717, 1.165) is 55.1 Å². The monoisotopic (exact) mass is 679 g/mol. The molecule has 3 aromatic heterocycles. The highest BCUT2D eigenvalue weighted by Gasteiger charge is 2.20. The number of nitrogens with zero attached hydrogens (tertiary/aromatic N) is 3. The lowest BCUT2D eigenvalue weighted by molar-refractivity contribution is 1.19. The second-order valence-electron chi connectivity index (χ2n) is 13.5. The van der Waals surface area contributed by atoms with Gasteiger partial charge in [-0.1, -0.05) is 97.1 Å². The summed E-state index contributed by atoms with van der Waals surface area (Å²) in [7, 11) is 0. The lowest BCUT2D eigenvalue weighted by Crippen LogP contribution is -1.98. The van der Waals surface area contributed by atoms with Gasteiger partial charge in [-0.3, -0.25) is 9.97 Å². The molecular formula is C48H29N3S. The lowest BCUT2D eigenvalue weighted by Gasteiger charge is -2.17. The molecule has 242 valence electrons. The predicted molar refractivity (Wildman–Crippen MR) is 220 cm³/mol. The first kappa shape index (κ1) is 29.1. The summed E-state index contributed by atoms with van der Waals surface area (Å²) in [6, 6.07) is 59.3. The molecule has 0 saturated carbocycles. The van der Waals surface area contributed by atoms with E-state index in [4.69, 9.17) is 9.97 Å². The second-order valence-corrected chi connectivity index (χ2v) is 14.5. The molecule has 1 aliphatic heterocycles. The van der Waals surface area contributed by atoms with Gasteiger partial charge in [0, 0.05) is 60.4 Å². The van der Waals surface area contributed by atoms with Gasteiger partial charge in [0.1, 0.15) is 0 Å². The van der Waals surface area contributed by atoms with E-state index in [1.54, 1.807) is 0 Å². The highest BCUT2D eigenvalue weighted by molar-refractivity contribution is 7.18. The molecule has 0 amide bonds. The highest BCUT2D eigenvalue weighted by Crippen LogP contribution is 2.45. The zero-order chi connectivity index (χ0) is 34.2. The Morgan fingerprint density at radius 2 is 0.981 bits per heavy atom. The molecule has 0 fully saturated rings. The fourth-order valence-corrected chi connectivity index (χ4v) is 9.00. The van der Waals surface area contributed by atoms with Crippen LogP contribution in [-0.2, 0) is 0 Å². The molecule has 6 aromatic carbocycles. The summed E-state index contributed by atoms with van der Waals surface area (Å²) in [6.45, 7) is 0. The summed E-state index contributed by atoms with van der Waals surface area (Å²) < 4.78 is 2.47. The normalized spacial score (nSPS) is 11.8. The first-order valence-corrected chi connectivity index (χ1v) is 18.4. The molecule has 0 spiro atoms. The molecular weight excluding hydrogens is 651 g/mol. The molecule has 0 radical (unpaired) electrons. The third-order valence-corrected chi connectivity index (χ3v) is 11.6. The van der Waals surface area contributed by atoms with Crippen LogP contribution in [0.15, 0.2) is 176 Å². The topological polar surface area (TPSA) is 30.7 Å². The maximum atomic E-state index is 4.81. The van der Waals surface area contributed by atoms with E-state index in [2.05, 4.69) is 156 Å². The average molecular weight is 680 g/mol. The van der Waals surface area contributed by atoms with E-state index in [-0.39, 0.29) is 0 Å². The van der Waals surface area contributed by atoms with Gasteiger partial charge >= 0.3 is 0 Å². The standard InChI is InChI=1S/C48H29N3S/c1-4-12-38-30(8-1)16-22-45(48(38)47-23-19-31-11-7-15-46(31)52-47)51-43-20-17-32(36-24-34-9-2-5-13-41(34)49-28-36)26-39(43)40-27-33(18-21-44(40)51)37-25-35-10-3-6-14-42(35)50-29-37/h1-29H. The largest absolute Gasteiger partial charge is 0.309 e. The van der Waals surface area contributed by atoms with Gasteiger partial charge in [-0.2, -0.15) is 0 Å². The Kier molecular flexibility index (Phi) is 6.42. The highest BCUT2D eigenvalue weighted by atomic mass is 32.1. The summed E-state index contributed by atoms with van der Waals surface area (Å²) in [4.78, 5) is 12.2. The van der Waals surface area contributed by atoms with Gasteiger partial charge in [0.05, 0.1) is 27.8 Å². The number of hydrogen-bond acceptors (Lipinski definition) is 3. The minimum Gasteiger partial charge on any atom is -0.309 e. The summed E-state index contributed by atoms with van der Waals surface area (Å²) in [5.74, 6) is 0. The number of rotatable bonds is 4. The number of fused-ring (bicyclic) bond motifs is 7. The van der Waals surface area contributed by atoms with Crippen LogP contribution in [0, 0.1) is 0 Å². The van der Waals surface area contributed by atoms with Crippen molar-refractivity contribution in [3.05, 3.63) is 176 Å². The molecule has 0 saturated heterocycles. The third kappa shape index (κ3) is 4.58. The van der Waals surface area contributed by atoms with Gasteiger partial charge in [-0.15, -0.1) is 11.3 Å². The number of pyridine rings is 2. The maximum Gasteiger partial charge on any atom is 0.0702 e. The van der Waals surface area contributed by atoms with Crippen molar-refractivity contribution in [3.63, 3.8) is 0 Å². The summed E-state index contributed by atoms with van der Waals surface area (Å²) >= 11 is 1.86. The van der Waals surface area contributed by atoms with Crippen LogP contribution in [0.3, 0.4) is 0 Å². The van der Waals surface area contributed by atoms with E-state index in [1.807, 2.05) is 35.9 Å². The lowest BCUT2D eigenvalue weighted by atomic mass is 10.0. The first-order valence-electron chi connectivity index (χ1n) is 17.5. The Balaban J connectivity index is 1.20. The minimum atomic E-state index is 1.00. The smallest absolute Gasteiger partial charge is 0.0702 e. The molecule has 52 heavy (non-hydrogen) atoms. The third-order valence-electron chi connectivity index (χ3n) is 10.4. The molecule has 0 bridgehead atoms. The summed E-state index contributed by atoms with van der Waals surface area (Å²) in [5, 5.41) is 7.15. The van der Waals surface area contributed by atoms with E-state index >= 15 is 0 Å². The molecule has 11 rings (SSSR count). The van der Waals surface area contributed by atoms with Crippen LogP contribution in [0.1, 0.15) is 0 Å². The van der Waals surface area contributed by atoms with E-state index in [9.17, 15) is 0 Å². The van der Waals surface area contributed by atoms with Gasteiger partial charge in [-0.05, 0) is 94.2 Å². The van der Waals surface area contributed by atoms with Crippen molar-refractivity contribution in [1.82, 2.24) is 14.5 Å². The molecule has 0 atom stereocenters. The van der Waals surface area contributed by atoms with Gasteiger partial charge in [-0.25, -0.2) is 0 Å². The molecule has 4 heteroatoms. The van der Waals surface area contributed by atoms with Crippen molar-refractivity contribution >= 4 is 65.7 Å². The number of aromatic nitrogens is 3. The maximum absolute atomic E-state index is 4.81. The molecule has 0 unspecified atom stereocenters. The summed E-state index contributed by atoms with van der Waals surface area (Å²) in [6.07, 6.45) is 3.99. The Hall–Kier alpha value is -6.62. The predicted octanol–water partition coefficient (Wildman–Crippen LogP) is 13.2. The first-order chi connectivity index (χ1) is 25.7. The number of hydrogen-bond donors (Lipinski definition) is 0. The van der Waals surface area contributed by atoms with Crippen LogP contribution in [0.25, 0.3) is 103 Å². The van der Waals surface area contributed by atoms with Crippen molar-refractivity contribution in [1.29, 1.82) is 0 Å². The zero-order valence-electron chi connectivity index (χ0n) is 28.0. The SMILES string of the molecule is c1cc2ccc(-c3c(-n4c5ccc(-c6cnc7ccccc7c6)cc5c5cc(-c6cnc7ccccc7c6)ccc54)ccc4ccccc34)sc-2c1. The summed E-state index contributed by atoms with van der Waals surface area (Å²) in [5.41, 5.74) is 12.5. The van der Waals surface area contributed by atoms with Crippen molar-refractivity contribution in [2.45, 2.75) is 0 Å². The van der Waals surface area contributed by atoms with Gasteiger partial charge < -0.3 is 4.57 Å². The Labute approximate surface area is 304 Å². The van der Waals surface area contributed by atoms with Gasteiger partial charge in [0.25, 0.3) is 0 Å². The molecule has 1 aliphatic carbocycles. The average Bonchev–Trinajstić information content (AvgIpc) is 3.81. The van der Waals surface area contributed by atoms with Crippen molar-refractivity contribution in [2.75, 3.05) is 0 Å². The zero-order valence-corrected chi connectivity index (χ0v) is 28.8. The van der Waals surface area contributed by atoms with Crippen LogP contribution >= 0.6 is 11.3 Å². The fourth-order valence-electron chi connectivity index (χ4n) is 7.91. The van der Waals surface area contributed by atoms with Crippen LogP contribution < -0.4 is 0 Å². The van der Waals surface area contributed by atoms with Gasteiger partial charge in [0.15, 0.2) is 0 Å². The van der Waals surface area contributed by atoms with Crippen LogP contribution in [0.5, 0.6) is 0 Å². The molecule has 3 nitrogen and oxygen atoms in total. The Bertz CT molecular complexity index is 3010. The van der Waals surface area contributed by atoms with E-state index in [1.165, 1.54) is 48.1 Å². The molecule has 4 heterocycles. The van der Waals surface area contributed by atoms with Crippen molar-refractivity contribution < 1.29 is 0 Å². The van der Waals surface area contributed by atoms with Crippen molar-refractivity contribution in [2.24, 2.45) is 0 Å². The number of para-hydroxylation sites is 2. The number of benzene rings is 6. The van der Waals surface area contributed by atoms with E-state index in [0.29, 0.717) is 0 Å². The molecule has 9 aromatic rings. The minimum absolute atomic E-state index is 1.00. The molecule has 2 aliphatic rings. The fraction of sp³-hybridized carbons (Fsp3) is 0. The Morgan fingerprint density at radius 1 is 0.385 bits per heavy atom. The quantitative estimate of drug-likeness (QED) is 0.185. The van der Waals surface area contributed by atoms with E-state index < -0.39 is 0 Å². The molecule has 0 N–H and O–H groups in total. The van der Waals surface area contributed by atoms with Crippen molar-refractivity contribution in [3.8, 4) is 48.8 Å². The van der Waals surface area contributed by atoms with Gasteiger partial charge in [0.2, 0.25) is 0 Å². The van der Waals surface area contributed by atoms with Crippen LogP contribution in [-0.4, -0.2) is 14.5 Å². The van der Waals surface area contributed by atoms with Crippen LogP contribution in [0.4, 0.5) is 0 Å². The second kappa shape index (κ2) is 11.5. The van der Waals surface area contributed by atoms with Crippen LogP contribution in [0.2, 0.25) is 0 Å².